The van der Waals surface area contributed by atoms with E-state index < -0.39 is 0 Å². The molecule has 25 heavy (non-hydrogen) atoms. The van der Waals surface area contributed by atoms with Crippen LogP contribution < -0.4 is 15.4 Å². The van der Waals surface area contributed by atoms with Gasteiger partial charge in [0.15, 0.2) is 0 Å². The Kier molecular flexibility index (Phi) is 5.09. The second-order valence-electron chi connectivity index (χ2n) is 5.66. The second-order valence-corrected chi connectivity index (χ2v) is 5.66. The Morgan fingerprint density at radius 1 is 1.12 bits per heavy atom. The highest BCUT2D eigenvalue weighted by Gasteiger charge is 2.10. The molecule has 1 atom stereocenters. The molecule has 0 saturated carbocycles. The van der Waals surface area contributed by atoms with Crippen LogP contribution in [0.3, 0.4) is 0 Å². The molecule has 0 fully saturated rings. The maximum Gasteiger partial charge on any atom is 0.239 e. The predicted molar refractivity (Wildman–Crippen MR) is 97.6 cm³/mol. The van der Waals surface area contributed by atoms with Crippen LogP contribution in [-0.4, -0.2) is 29.5 Å². The van der Waals surface area contributed by atoms with Crippen molar-refractivity contribution < 1.29 is 9.53 Å². The monoisotopic (exact) mass is 336 g/mol. The highest BCUT2D eigenvalue weighted by molar-refractivity contribution is 5.90. The van der Waals surface area contributed by atoms with Crippen molar-refractivity contribution in [3.05, 3.63) is 60.4 Å². The summed E-state index contributed by atoms with van der Waals surface area (Å²) in [6, 6.07) is 15.2. The van der Waals surface area contributed by atoms with E-state index in [1.54, 1.807) is 7.11 Å². The van der Waals surface area contributed by atoms with E-state index in [9.17, 15) is 4.79 Å². The zero-order valence-electron chi connectivity index (χ0n) is 14.2. The number of para-hydroxylation sites is 1. The molecule has 0 aliphatic rings. The summed E-state index contributed by atoms with van der Waals surface area (Å²) >= 11 is 0. The summed E-state index contributed by atoms with van der Waals surface area (Å²) in [5.74, 6) is 1.34. The Morgan fingerprint density at radius 3 is 2.64 bits per heavy atom. The molecule has 1 aromatic heterocycles. The summed E-state index contributed by atoms with van der Waals surface area (Å²) in [5.41, 5.74) is 1.86. The summed E-state index contributed by atoms with van der Waals surface area (Å²) in [6.45, 7) is 2.08. The molecule has 2 N–H and O–H groups in total. The van der Waals surface area contributed by atoms with Gasteiger partial charge in [-0.2, -0.15) is 0 Å². The SMILES string of the molecule is COc1ccc(C(C)NC(=O)CNc2ncnc3ccccc23)cc1. The number of carbonyl (C=O) groups is 1. The number of methoxy groups -OCH3 is 1. The number of hydrogen-bond donors (Lipinski definition) is 2. The number of rotatable bonds is 6. The Bertz CT molecular complexity index is 859. The molecule has 0 spiro atoms. The second kappa shape index (κ2) is 7.61. The number of nitrogens with one attached hydrogen (secondary N) is 2. The zero-order chi connectivity index (χ0) is 17.6. The lowest BCUT2D eigenvalue weighted by atomic mass is 10.1. The molecule has 0 aliphatic heterocycles. The van der Waals surface area contributed by atoms with E-state index in [0.29, 0.717) is 5.82 Å². The van der Waals surface area contributed by atoms with E-state index in [4.69, 9.17) is 4.74 Å². The first-order valence-electron chi connectivity index (χ1n) is 8.04. The van der Waals surface area contributed by atoms with Gasteiger partial charge in [0.2, 0.25) is 5.91 Å². The zero-order valence-corrected chi connectivity index (χ0v) is 14.2. The molecule has 1 heterocycles. The first-order chi connectivity index (χ1) is 12.2. The number of nitrogens with zero attached hydrogens (tertiary/aromatic N) is 2. The van der Waals surface area contributed by atoms with Crippen molar-refractivity contribution in [1.29, 1.82) is 0 Å². The Labute approximate surface area is 146 Å². The van der Waals surface area contributed by atoms with Gasteiger partial charge in [0.1, 0.15) is 17.9 Å². The number of carbonyl (C=O) groups excluding carboxylic acids is 1. The van der Waals surface area contributed by atoms with Gasteiger partial charge in [-0.1, -0.05) is 24.3 Å². The maximum absolute atomic E-state index is 12.2. The Balaban J connectivity index is 1.60. The lowest BCUT2D eigenvalue weighted by Crippen LogP contribution is -2.32. The summed E-state index contributed by atoms with van der Waals surface area (Å²) in [7, 11) is 1.63. The fourth-order valence-corrected chi connectivity index (χ4v) is 2.58. The molecule has 6 heteroatoms. The average Bonchev–Trinajstić information content (AvgIpc) is 2.66. The fourth-order valence-electron chi connectivity index (χ4n) is 2.58. The fraction of sp³-hybridized carbons (Fsp3) is 0.211. The van der Waals surface area contributed by atoms with E-state index >= 15 is 0 Å². The molecular weight excluding hydrogens is 316 g/mol. The molecule has 6 nitrogen and oxygen atoms in total. The molecule has 0 radical (unpaired) electrons. The molecule has 1 unspecified atom stereocenters. The molecule has 0 aliphatic carbocycles. The van der Waals surface area contributed by atoms with Crippen LogP contribution in [0, 0.1) is 0 Å². The minimum absolute atomic E-state index is 0.0950. The van der Waals surface area contributed by atoms with Gasteiger partial charge in [0.05, 0.1) is 25.2 Å². The predicted octanol–water partition coefficient (Wildman–Crippen LogP) is 2.93. The smallest absolute Gasteiger partial charge is 0.239 e. The van der Waals surface area contributed by atoms with Gasteiger partial charge in [-0.05, 0) is 36.8 Å². The first kappa shape index (κ1) is 16.7. The van der Waals surface area contributed by atoms with Crippen LogP contribution >= 0.6 is 0 Å². The quantitative estimate of drug-likeness (QED) is 0.724. The highest BCUT2D eigenvalue weighted by atomic mass is 16.5. The minimum atomic E-state index is -0.106. The Morgan fingerprint density at radius 2 is 1.88 bits per heavy atom. The number of anilines is 1. The van der Waals surface area contributed by atoms with Crippen molar-refractivity contribution in [1.82, 2.24) is 15.3 Å². The molecule has 0 saturated heterocycles. The van der Waals surface area contributed by atoms with E-state index in [1.807, 2.05) is 55.5 Å². The lowest BCUT2D eigenvalue weighted by molar-refractivity contribution is -0.120. The molecule has 1 amide bonds. The first-order valence-corrected chi connectivity index (χ1v) is 8.04. The molecule has 0 bridgehead atoms. The van der Waals surface area contributed by atoms with Crippen LogP contribution in [0.25, 0.3) is 10.9 Å². The molecule has 3 aromatic rings. The number of amides is 1. The molecular formula is C19H20N4O2. The third-order valence-corrected chi connectivity index (χ3v) is 3.95. The lowest BCUT2D eigenvalue weighted by Gasteiger charge is -2.15. The largest absolute Gasteiger partial charge is 0.497 e. The normalized spacial score (nSPS) is 11.8. The van der Waals surface area contributed by atoms with Crippen LogP contribution in [0.5, 0.6) is 5.75 Å². The van der Waals surface area contributed by atoms with Crippen LogP contribution in [0.2, 0.25) is 0 Å². The summed E-state index contributed by atoms with van der Waals surface area (Å²) in [6.07, 6.45) is 1.49. The minimum Gasteiger partial charge on any atom is -0.497 e. The van der Waals surface area contributed by atoms with Gasteiger partial charge in [-0.3, -0.25) is 4.79 Å². The van der Waals surface area contributed by atoms with Crippen molar-refractivity contribution in [3.8, 4) is 5.75 Å². The van der Waals surface area contributed by atoms with Crippen molar-refractivity contribution >= 4 is 22.6 Å². The van der Waals surface area contributed by atoms with Crippen molar-refractivity contribution in [2.45, 2.75) is 13.0 Å². The number of benzene rings is 2. The topological polar surface area (TPSA) is 76.1 Å². The number of aromatic nitrogens is 2. The Hall–Kier alpha value is -3.15. The number of hydrogen-bond acceptors (Lipinski definition) is 5. The molecule has 3 rings (SSSR count). The third-order valence-electron chi connectivity index (χ3n) is 3.95. The van der Waals surface area contributed by atoms with Crippen molar-refractivity contribution in [2.75, 3.05) is 19.0 Å². The van der Waals surface area contributed by atoms with E-state index in [0.717, 1.165) is 22.2 Å². The van der Waals surface area contributed by atoms with Crippen molar-refractivity contribution in [2.24, 2.45) is 0 Å². The highest BCUT2D eigenvalue weighted by Crippen LogP contribution is 2.19. The number of ether oxygens (including phenoxy) is 1. The van der Waals surface area contributed by atoms with Crippen LogP contribution in [0.1, 0.15) is 18.5 Å². The van der Waals surface area contributed by atoms with Crippen LogP contribution in [-0.2, 0) is 4.79 Å². The van der Waals surface area contributed by atoms with Gasteiger partial charge in [-0.25, -0.2) is 9.97 Å². The van der Waals surface area contributed by atoms with Crippen LogP contribution in [0.15, 0.2) is 54.9 Å². The van der Waals surface area contributed by atoms with Gasteiger partial charge >= 0.3 is 0 Å². The van der Waals surface area contributed by atoms with E-state index in [1.165, 1.54) is 6.33 Å². The standard InChI is InChI=1S/C19H20N4O2/c1-13(14-7-9-15(25-2)10-8-14)23-18(24)11-20-19-16-5-3-4-6-17(16)21-12-22-19/h3-10,12-13H,11H2,1-2H3,(H,23,24)(H,20,21,22). The van der Waals surface area contributed by atoms with Gasteiger partial charge < -0.3 is 15.4 Å². The summed E-state index contributed by atoms with van der Waals surface area (Å²) in [4.78, 5) is 20.6. The average molecular weight is 336 g/mol. The summed E-state index contributed by atoms with van der Waals surface area (Å²) in [5, 5.41) is 6.94. The van der Waals surface area contributed by atoms with Crippen molar-refractivity contribution in [3.63, 3.8) is 0 Å². The van der Waals surface area contributed by atoms with E-state index in [2.05, 4.69) is 20.6 Å². The van der Waals surface area contributed by atoms with Gasteiger partial charge in [0.25, 0.3) is 0 Å². The number of fused-ring (bicyclic) bond motifs is 1. The van der Waals surface area contributed by atoms with E-state index in [-0.39, 0.29) is 18.5 Å². The van der Waals surface area contributed by atoms with Gasteiger partial charge in [-0.15, -0.1) is 0 Å². The molecule has 2 aromatic carbocycles. The summed E-state index contributed by atoms with van der Waals surface area (Å²) < 4.78 is 5.14. The van der Waals surface area contributed by atoms with Crippen LogP contribution in [0.4, 0.5) is 5.82 Å². The molecule has 128 valence electrons. The van der Waals surface area contributed by atoms with Gasteiger partial charge in [0, 0.05) is 5.39 Å². The maximum atomic E-state index is 12.2. The third kappa shape index (κ3) is 4.03.